The highest BCUT2D eigenvalue weighted by Gasteiger charge is 2.11. The number of aromatic carboxylic acids is 1. The number of carboxylic acid groups (broad SMARTS) is 1. The Hall–Kier alpha value is -3.15. The van der Waals surface area contributed by atoms with E-state index in [4.69, 9.17) is 5.11 Å². The number of rotatable bonds is 4. The quantitative estimate of drug-likeness (QED) is 0.692. The second kappa shape index (κ2) is 5.92. The van der Waals surface area contributed by atoms with Gasteiger partial charge in [-0.15, -0.1) is 0 Å². The number of benzene rings is 2. The molecule has 0 spiro atoms. The van der Waals surface area contributed by atoms with Gasteiger partial charge in [0.1, 0.15) is 5.82 Å². The molecule has 3 N–H and O–H groups in total. The van der Waals surface area contributed by atoms with Crippen molar-refractivity contribution in [3.63, 3.8) is 0 Å². The zero-order valence-corrected chi connectivity index (χ0v) is 12.0. The number of hydrogen-bond donors (Lipinski definition) is 3. The molecule has 2 aromatic carbocycles. The molecule has 0 unspecified atom stereocenters. The number of hydrogen-bond acceptors (Lipinski definition) is 2. The topological polar surface area (TPSA) is 82.2 Å². The molecule has 23 heavy (non-hydrogen) atoms. The number of amides is 1. The summed E-state index contributed by atoms with van der Waals surface area (Å²) in [4.78, 5) is 26.1. The van der Waals surface area contributed by atoms with E-state index < -0.39 is 11.8 Å². The summed E-state index contributed by atoms with van der Waals surface area (Å²) < 4.78 is 13.7. The van der Waals surface area contributed by atoms with Crippen molar-refractivity contribution in [3.05, 3.63) is 71.2 Å². The average Bonchev–Trinajstić information content (AvgIpc) is 3.01. The summed E-state index contributed by atoms with van der Waals surface area (Å²) in [5.41, 5.74) is 1.47. The molecular weight excluding hydrogens is 299 g/mol. The van der Waals surface area contributed by atoms with Gasteiger partial charge in [-0.3, -0.25) is 4.79 Å². The van der Waals surface area contributed by atoms with E-state index in [2.05, 4.69) is 10.3 Å². The fraction of sp³-hybridized carbons (Fsp3) is 0.0588. The Morgan fingerprint density at radius 2 is 1.87 bits per heavy atom. The minimum Gasteiger partial charge on any atom is -0.478 e. The smallest absolute Gasteiger partial charge is 0.335 e. The van der Waals surface area contributed by atoms with Crippen LogP contribution in [0.5, 0.6) is 0 Å². The summed E-state index contributed by atoms with van der Waals surface area (Å²) >= 11 is 0. The number of H-pyrrole nitrogens is 1. The van der Waals surface area contributed by atoms with Crippen LogP contribution in [0.1, 0.15) is 26.3 Å². The molecule has 0 aliphatic rings. The number of aromatic nitrogens is 1. The third-order valence-corrected chi connectivity index (χ3v) is 3.55. The Morgan fingerprint density at radius 1 is 1.09 bits per heavy atom. The van der Waals surface area contributed by atoms with Crippen LogP contribution in [-0.4, -0.2) is 22.0 Å². The van der Waals surface area contributed by atoms with Crippen molar-refractivity contribution in [1.29, 1.82) is 0 Å². The van der Waals surface area contributed by atoms with Crippen LogP contribution in [0.2, 0.25) is 0 Å². The maximum Gasteiger partial charge on any atom is 0.335 e. The lowest BCUT2D eigenvalue weighted by atomic mass is 10.1. The van der Waals surface area contributed by atoms with Crippen LogP contribution in [0.25, 0.3) is 10.9 Å². The fourth-order valence-corrected chi connectivity index (χ4v) is 2.32. The molecule has 0 fully saturated rings. The molecule has 1 heterocycles. The standard InChI is InChI=1S/C17H13FN2O3/c18-14-3-1-12(17(22)23)8-13(14)9-20-16(21)11-2-4-15-10(7-11)5-6-19-15/h1-8,19H,9H2,(H,20,21)(H,22,23). The maximum absolute atomic E-state index is 13.7. The highest BCUT2D eigenvalue weighted by molar-refractivity contribution is 5.98. The van der Waals surface area contributed by atoms with Crippen molar-refractivity contribution in [3.8, 4) is 0 Å². The predicted molar refractivity (Wildman–Crippen MR) is 82.8 cm³/mol. The normalized spacial score (nSPS) is 10.7. The zero-order valence-electron chi connectivity index (χ0n) is 12.0. The van der Waals surface area contributed by atoms with Gasteiger partial charge >= 0.3 is 5.97 Å². The lowest BCUT2D eigenvalue weighted by molar-refractivity contribution is 0.0696. The van der Waals surface area contributed by atoms with Gasteiger partial charge in [0.15, 0.2) is 0 Å². The molecule has 0 bridgehead atoms. The first-order valence-corrected chi connectivity index (χ1v) is 6.91. The molecule has 6 heteroatoms. The molecule has 0 saturated carbocycles. The Kier molecular flexibility index (Phi) is 3.80. The van der Waals surface area contributed by atoms with Crippen LogP contribution in [-0.2, 0) is 6.54 Å². The van der Waals surface area contributed by atoms with Crippen LogP contribution in [0, 0.1) is 5.82 Å². The fourth-order valence-electron chi connectivity index (χ4n) is 2.32. The number of fused-ring (bicyclic) bond motifs is 1. The molecule has 116 valence electrons. The Bertz CT molecular complexity index is 902. The first-order valence-electron chi connectivity index (χ1n) is 6.91. The molecule has 0 radical (unpaired) electrons. The summed E-state index contributed by atoms with van der Waals surface area (Å²) in [6.45, 7) is -0.0863. The molecular formula is C17H13FN2O3. The van der Waals surface area contributed by atoms with E-state index >= 15 is 0 Å². The minimum atomic E-state index is -1.14. The van der Waals surface area contributed by atoms with Gasteiger partial charge in [-0.05, 0) is 42.5 Å². The highest BCUT2D eigenvalue weighted by atomic mass is 19.1. The summed E-state index contributed by atoms with van der Waals surface area (Å²) in [5, 5.41) is 12.4. The SMILES string of the molecule is O=C(O)c1ccc(F)c(CNC(=O)c2ccc3[nH]ccc3c2)c1. The van der Waals surface area contributed by atoms with E-state index in [1.54, 1.807) is 24.4 Å². The van der Waals surface area contributed by atoms with Crippen molar-refractivity contribution in [1.82, 2.24) is 10.3 Å². The van der Waals surface area contributed by atoms with Crippen molar-refractivity contribution >= 4 is 22.8 Å². The van der Waals surface area contributed by atoms with Crippen molar-refractivity contribution in [2.24, 2.45) is 0 Å². The molecule has 1 amide bonds. The molecule has 3 rings (SSSR count). The molecule has 1 aromatic heterocycles. The van der Waals surface area contributed by atoms with Crippen LogP contribution >= 0.6 is 0 Å². The lowest BCUT2D eigenvalue weighted by Crippen LogP contribution is -2.23. The van der Waals surface area contributed by atoms with Gasteiger partial charge in [-0.2, -0.15) is 0 Å². The number of carboxylic acids is 1. The van der Waals surface area contributed by atoms with Gasteiger partial charge in [0.25, 0.3) is 5.91 Å². The van der Waals surface area contributed by atoms with Crippen LogP contribution in [0.15, 0.2) is 48.7 Å². The number of aromatic amines is 1. The number of carbonyl (C=O) groups excluding carboxylic acids is 1. The molecule has 0 saturated heterocycles. The number of nitrogens with one attached hydrogen (secondary N) is 2. The summed E-state index contributed by atoms with van der Waals surface area (Å²) in [7, 11) is 0. The van der Waals surface area contributed by atoms with Crippen LogP contribution < -0.4 is 5.32 Å². The highest BCUT2D eigenvalue weighted by Crippen LogP contribution is 2.15. The zero-order chi connectivity index (χ0) is 16.4. The van der Waals surface area contributed by atoms with E-state index in [0.29, 0.717) is 5.56 Å². The summed E-state index contributed by atoms with van der Waals surface area (Å²) in [6, 6.07) is 10.5. The molecule has 5 nitrogen and oxygen atoms in total. The number of carbonyl (C=O) groups is 2. The largest absolute Gasteiger partial charge is 0.478 e. The van der Waals surface area contributed by atoms with Gasteiger partial charge < -0.3 is 15.4 Å². The summed E-state index contributed by atoms with van der Waals surface area (Å²) in [6.07, 6.45) is 1.78. The van der Waals surface area contributed by atoms with Gasteiger partial charge in [-0.1, -0.05) is 0 Å². The predicted octanol–water partition coefficient (Wildman–Crippen LogP) is 2.94. The second-order valence-electron chi connectivity index (χ2n) is 5.07. The van der Waals surface area contributed by atoms with E-state index in [1.807, 2.05) is 6.07 Å². The van der Waals surface area contributed by atoms with Crippen molar-refractivity contribution < 1.29 is 19.1 Å². The van der Waals surface area contributed by atoms with E-state index in [-0.39, 0.29) is 23.6 Å². The maximum atomic E-state index is 13.7. The van der Waals surface area contributed by atoms with Gasteiger partial charge in [-0.25, -0.2) is 9.18 Å². The van der Waals surface area contributed by atoms with Crippen LogP contribution in [0.3, 0.4) is 0 Å². The third kappa shape index (κ3) is 3.06. The van der Waals surface area contributed by atoms with Gasteiger partial charge in [0.05, 0.1) is 5.56 Å². The van der Waals surface area contributed by atoms with E-state index in [1.165, 1.54) is 12.1 Å². The van der Waals surface area contributed by atoms with Crippen LogP contribution in [0.4, 0.5) is 4.39 Å². The molecule has 0 atom stereocenters. The Balaban J connectivity index is 1.76. The van der Waals surface area contributed by atoms with Crippen molar-refractivity contribution in [2.45, 2.75) is 6.54 Å². The van der Waals surface area contributed by atoms with Gasteiger partial charge in [0, 0.05) is 34.8 Å². The minimum absolute atomic E-state index is 0.0237. The lowest BCUT2D eigenvalue weighted by Gasteiger charge is -2.07. The first kappa shape index (κ1) is 14.8. The third-order valence-electron chi connectivity index (χ3n) is 3.55. The van der Waals surface area contributed by atoms with Gasteiger partial charge in [0.2, 0.25) is 0 Å². The van der Waals surface area contributed by atoms with E-state index in [9.17, 15) is 14.0 Å². The molecule has 3 aromatic rings. The summed E-state index contributed by atoms with van der Waals surface area (Å²) in [5.74, 6) is -2.06. The Labute approximate surface area is 130 Å². The van der Waals surface area contributed by atoms with E-state index in [0.717, 1.165) is 17.0 Å². The molecule has 0 aliphatic heterocycles. The number of halogens is 1. The first-order chi connectivity index (χ1) is 11.0. The Morgan fingerprint density at radius 3 is 2.65 bits per heavy atom. The molecule has 0 aliphatic carbocycles. The second-order valence-corrected chi connectivity index (χ2v) is 5.07. The average molecular weight is 312 g/mol. The van der Waals surface area contributed by atoms with Crippen molar-refractivity contribution in [2.75, 3.05) is 0 Å². The monoisotopic (exact) mass is 312 g/mol.